The van der Waals surface area contributed by atoms with Gasteiger partial charge in [-0.25, -0.2) is 13.2 Å². The van der Waals surface area contributed by atoms with Gasteiger partial charge in [0.25, 0.3) is 6.43 Å². The summed E-state index contributed by atoms with van der Waals surface area (Å²) in [6.07, 6.45) is 0.614. The van der Waals surface area contributed by atoms with Crippen LogP contribution < -0.4 is 4.90 Å². The zero-order valence-corrected chi connectivity index (χ0v) is 16.5. The molecule has 7 heteroatoms. The third-order valence-corrected chi connectivity index (χ3v) is 5.02. The number of anilines is 1. The smallest absolute Gasteiger partial charge is 0.278 e. The maximum absolute atomic E-state index is 15.0. The number of alkyl halides is 2. The van der Waals surface area contributed by atoms with E-state index < -0.39 is 12.2 Å². The van der Waals surface area contributed by atoms with Gasteiger partial charge in [-0.05, 0) is 30.3 Å². The SMILES string of the molecule is C=C(c1ccncc1)N(Cc1ccc(C2=NN=C(C(F)F)C2)cc1F)c1ccccc1. The number of benzene rings is 2. The number of nitrogens with zero attached hydrogens (tertiary/aromatic N) is 4. The van der Waals surface area contributed by atoms with Crippen molar-refractivity contribution in [1.82, 2.24) is 4.98 Å². The molecule has 4 rings (SSSR count). The molecule has 0 atom stereocenters. The van der Waals surface area contributed by atoms with Gasteiger partial charge in [0.15, 0.2) is 0 Å². The molecular weight excluding hydrogens is 401 g/mol. The first-order chi connectivity index (χ1) is 15.0. The third kappa shape index (κ3) is 4.55. The van der Waals surface area contributed by atoms with Crippen molar-refractivity contribution in [3.05, 3.63) is 102 Å². The zero-order valence-electron chi connectivity index (χ0n) is 16.5. The topological polar surface area (TPSA) is 40.9 Å². The largest absolute Gasteiger partial charge is 0.337 e. The lowest BCUT2D eigenvalue weighted by molar-refractivity contribution is 0.224. The highest BCUT2D eigenvalue weighted by molar-refractivity contribution is 6.15. The third-order valence-electron chi connectivity index (χ3n) is 5.02. The van der Waals surface area contributed by atoms with E-state index in [1.807, 2.05) is 47.4 Å². The lowest BCUT2D eigenvalue weighted by Crippen LogP contribution is -2.21. The maximum Gasteiger partial charge on any atom is 0.278 e. The van der Waals surface area contributed by atoms with Crippen molar-refractivity contribution in [1.29, 1.82) is 0 Å². The minimum atomic E-state index is -2.66. The molecule has 1 aliphatic rings. The number of hydrogen-bond acceptors (Lipinski definition) is 4. The van der Waals surface area contributed by atoms with E-state index in [2.05, 4.69) is 21.8 Å². The Bertz CT molecular complexity index is 1140. The predicted octanol–water partition coefficient (Wildman–Crippen LogP) is 5.71. The van der Waals surface area contributed by atoms with Gasteiger partial charge in [-0.15, -0.1) is 0 Å². The standard InChI is InChI=1S/C24H19F3N4/c1-16(17-9-11-28-12-10-17)31(20-5-3-2-4-6-20)15-19-8-7-18(13-21(19)25)22-14-23(24(26)27)30-29-22/h2-13,24H,1,14-15H2. The maximum atomic E-state index is 15.0. The fourth-order valence-electron chi connectivity index (χ4n) is 3.32. The number of hydrogen-bond donors (Lipinski definition) is 0. The molecule has 1 aliphatic heterocycles. The summed E-state index contributed by atoms with van der Waals surface area (Å²) in [5, 5.41) is 7.28. The van der Waals surface area contributed by atoms with Gasteiger partial charge in [0, 0.05) is 46.9 Å². The normalized spacial score (nSPS) is 13.2. The molecule has 0 spiro atoms. The molecule has 0 N–H and O–H groups in total. The molecule has 0 aliphatic carbocycles. The van der Waals surface area contributed by atoms with Gasteiger partial charge in [0.05, 0.1) is 12.3 Å². The van der Waals surface area contributed by atoms with E-state index in [1.54, 1.807) is 24.5 Å². The molecule has 0 bridgehead atoms. The molecule has 2 aromatic carbocycles. The van der Waals surface area contributed by atoms with Crippen LogP contribution in [0.4, 0.5) is 18.9 Å². The number of halogens is 3. The van der Waals surface area contributed by atoms with Crippen molar-refractivity contribution >= 4 is 22.8 Å². The first-order valence-electron chi connectivity index (χ1n) is 9.65. The average Bonchev–Trinajstić information content (AvgIpc) is 3.30. The zero-order chi connectivity index (χ0) is 21.8. The van der Waals surface area contributed by atoms with Crippen LogP contribution in [0, 0.1) is 5.82 Å². The Hall–Kier alpha value is -3.74. The van der Waals surface area contributed by atoms with Crippen LogP contribution in [0.1, 0.15) is 23.1 Å². The van der Waals surface area contributed by atoms with Gasteiger partial charge in [0.2, 0.25) is 0 Å². The van der Waals surface area contributed by atoms with Crippen LogP contribution in [-0.2, 0) is 6.54 Å². The van der Waals surface area contributed by atoms with Crippen LogP contribution in [0.3, 0.4) is 0 Å². The van der Waals surface area contributed by atoms with Gasteiger partial charge >= 0.3 is 0 Å². The second-order valence-corrected chi connectivity index (χ2v) is 7.03. The van der Waals surface area contributed by atoms with Gasteiger partial charge in [-0.1, -0.05) is 36.9 Å². The van der Waals surface area contributed by atoms with Crippen molar-refractivity contribution in [2.24, 2.45) is 10.2 Å². The van der Waals surface area contributed by atoms with E-state index in [0.717, 1.165) is 11.3 Å². The van der Waals surface area contributed by atoms with Gasteiger partial charge in [-0.2, -0.15) is 10.2 Å². The summed E-state index contributed by atoms with van der Waals surface area (Å²) in [5.74, 6) is -0.450. The molecule has 0 fully saturated rings. The van der Waals surface area contributed by atoms with E-state index >= 15 is 0 Å². The molecule has 2 heterocycles. The van der Waals surface area contributed by atoms with Crippen LogP contribution in [0.2, 0.25) is 0 Å². The molecule has 156 valence electrons. The summed E-state index contributed by atoms with van der Waals surface area (Å²) >= 11 is 0. The summed E-state index contributed by atoms with van der Waals surface area (Å²) < 4.78 is 40.6. The Morgan fingerprint density at radius 3 is 2.39 bits per heavy atom. The summed E-state index contributed by atoms with van der Waals surface area (Å²) in [7, 11) is 0. The lowest BCUT2D eigenvalue weighted by Gasteiger charge is -2.27. The Kier molecular flexibility index (Phi) is 5.93. The van der Waals surface area contributed by atoms with Crippen LogP contribution in [-0.4, -0.2) is 22.8 Å². The summed E-state index contributed by atoms with van der Waals surface area (Å²) in [4.78, 5) is 5.95. The van der Waals surface area contributed by atoms with Gasteiger partial charge < -0.3 is 4.90 Å². The predicted molar refractivity (Wildman–Crippen MR) is 117 cm³/mol. The Balaban J connectivity index is 1.60. The molecule has 0 radical (unpaired) electrons. The first-order valence-corrected chi connectivity index (χ1v) is 9.65. The highest BCUT2D eigenvalue weighted by Gasteiger charge is 2.23. The van der Waals surface area contributed by atoms with E-state index in [1.165, 1.54) is 6.07 Å². The monoisotopic (exact) mass is 420 g/mol. The van der Waals surface area contributed by atoms with E-state index in [9.17, 15) is 13.2 Å². The summed E-state index contributed by atoms with van der Waals surface area (Å²) in [5.41, 5.74) is 3.35. The average molecular weight is 420 g/mol. The van der Waals surface area contributed by atoms with Crippen molar-refractivity contribution in [2.45, 2.75) is 19.4 Å². The first kappa shape index (κ1) is 20.5. The van der Waals surface area contributed by atoms with E-state index in [4.69, 9.17) is 0 Å². The molecule has 0 saturated heterocycles. The number of para-hydroxylation sites is 1. The van der Waals surface area contributed by atoms with Crippen LogP contribution in [0.15, 0.2) is 89.8 Å². The fourth-order valence-corrected chi connectivity index (χ4v) is 3.32. The summed E-state index contributed by atoms with van der Waals surface area (Å²) in [6.45, 7) is 4.44. The second-order valence-electron chi connectivity index (χ2n) is 7.03. The Morgan fingerprint density at radius 1 is 1.00 bits per heavy atom. The van der Waals surface area contributed by atoms with Gasteiger partial charge in [0.1, 0.15) is 11.5 Å². The fraction of sp³-hybridized carbons (Fsp3) is 0.125. The van der Waals surface area contributed by atoms with Gasteiger partial charge in [-0.3, -0.25) is 4.98 Å². The molecule has 3 aromatic rings. The number of aromatic nitrogens is 1. The quantitative estimate of drug-likeness (QED) is 0.491. The Labute approximate surface area is 178 Å². The van der Waals surface area contributed by atoms with Crippen molar-refractivity contribution in [3.8, 4) is 0 Å². The van der Waals surface area contributed by atoms with E-state index in [-0.39, 0.29) is 18.7 Å². The minimum Gasteiger partial charge on any atom is -0.337 e. The van der Waals surface area contributed by atoms with Crippen molar-refractivity contribution in [3.63, 3.8) is 0 Å². The lowest BCUT2D eigenvalue weighted by atomic mass is 10.0. The molecule has 0 saturated carbocycles. The van der Waals surface area contributed by atoms with Crippen LogP contribution in [0.25, 0.3) is 5.70 Å². The molecular formula is C24H19F3N4. The van der Waals surface area contributed by atoms with E-state index in [0.29, 0.717) is 22.5 Å². The summed E-state index contributed by atoms with van der Waals surface area (Å²) in [6, 6.07) is 17.9. The van der Waals surface area contributed by atoms with Crippen molar-refractivity contribution < 1.29 is 13.2 Å². The molecule has 0 amide bonds. The van der Waals surface area contributed by atoms with Crippen LogP contribution in [0.5, 0.6) is 0 Å². The molecule has 1 aromatic heterocycles. The van der Waals surface area contributed by atoms with Crippen LogP contribution >= 0.6 is 0 Å². The van der Waals surface area contributed by atoms with Crippen molar-refractivity contribution in [2.75, 3.05) is 4.90 Å². The number of rotatable bonds is 7. The molecule has 31 heavy (non-hydrogen) atoms. The number of pyridine rings is 1. The second kappa shape index (κ2) is 8.95. The molecule has 4 nitrogen and oxygen atoms in total. The molecule has 0 unspecified atom stereocenters. The highest BCUT2D eigenvalue weighted by atomic mass is 19.3. The minimum absolute atomic E-state index is 0.0779. The highest BCUT2D eigenvalue weighted by Crippen LogP contribution is 2.28. The Morgan fingerprint density at radius 2 is 1.74 bits per heavy atom.